The van der Waals surface area contributed by atoms with Gasteiger partial charge in [0.15, 0.2) is 0 Å². The monoisotopic (exact) mass is 527 g/mol. The highest BCUT2D eigenvalue weighted by atomic mass is 35.5. The molecule has 3 amide bonds. The maximum Gasteiger partial charge on any atom is 0.416 e. The van der Waals surface area contributed by atoms with Crippen molar-refractivity contribution in [2.45, 2.75) is 19.0 Å². The number of imide groups is 1. The smallest absolute Gasteiger partial charge is 0.355 e. The minimum absolute atomic E-state index is 0.143. The van der Waals surface area contributed by atoms with Gasteiger partial charge in [-0.15, -0.1) is 0 Å². The van der Waals surface area contributed by atoms with Crippen LogP contribution in [0.4, 0.5) is 24.5 Å². The first-order chi connectivity index (χ1) is 17.6. The first-order valence-corrected chi connectivity index (χ1v) is 11.6. The molecular formula is C27H21ClF3N3O3. The lowest BCUT2D eigenvalue weighted by atomic mass is 10.1. The third-order valence-corrected chi connectivity index (χ3v) is 5.98. The van der Waals surface area contributed by atoms with E-state index >= 15 is 0 Å². The number of benzene rings is 3. The molecule has 0 bridgehead atoms. The van der Waals surface area contributed by atoms with Crippen LogP contribution in [0.3, 0.4) is 0 Å². The fraction of sp³-hybridized carbons (Fsp3) is 0.148. The van der Waals surface area contributed by atoms with Crippen LogP contribution in [-0.2, 0) is 33.4 Å². The highest BCUT2D eigenvalue weighted by molar-refractivity contribution is 6.53. The summed E-state index contributed by atoms with van der Waals surface area (Å²) >= 11 is 6.07. The first kappa shape index (κ1) is 26.0. The second-order valence-corrected chi connectivity index (χ2v) is 8.65. The van der Waals surface area contributed by atoms with Crippen LogP contribution in [0, 0.1) is 0 Å². The predicted octanol–water partition coefficient (Wildman–Crippen LogP) is 5.04. The number of nitrogens with one attached hydrogen (secondary N) is 2. The zero-order valence-corrected chi connectivity index (χ0v) is 20.1. The first-order valence-electron chi connectivity index (χ1n) is 11.3. The van der Waals surface area contributed by atoms with Crippen molar-refractivity contribution in [3.8, 4) is 0 Å². The van der Waals surface area contributed by atoms with Crippen molar-refractivity contribution in [1.82, 2.24) is 5.32 Å². The van der Waals surface area contributed by atoms with Crippen molar-refractivity contribution in [3.63, 3.8) is 0 Å². The van der Waals surface area contributed by atoms with E-state index in [1.807, 2.05) is 30.3 Å². The third kappa shape index (κ3) is 6.18. The molecule has 37 heavy (non-hydrogen) atoms. The third-order valence-electron chi connectivity index (χ3n) is 5.63. The molecule has 1 aliphatic rings. The van der Waals surface area contributed by atoms with Crippen LogP contribution >= 0.6 is 11.6 Å². The Morgan fingerprint density at radius 2 is 1.57 bits per heavy atom. The summed E-state index contributed by atoms with van der Waals surface area (Å²) in [6.45, 7) is 0.508. The van der Waals surface area contributed by atoms with Crippen molar-refractivity contribution < 1.29 is 27.6 Å². The van der Waals surface area contributed by atoms with Gasteiger partial charge in [-0.25, -0.2) is 4.90 Å². The molecule has 4 rings (SSSR count). The molecule has 6 nitrogen and oxygen atoms in total. The standard InChI is InChI=1S/C27H21ClF3N3O3/c28-23-24(26(37)34(25(23)36)21-8-4-7-19(16-21)27(29,30)31)33-20-11-9-18(10-12-20)15-22(35)32-14-13-17-5-2-1-3-6-17/h1-12,16,33H,13-15H2,(H,32,35). The molecule has 10 heteroatoms. The molecule has 0 radical (unpaired) electrons. The van der Waals surface area contributed by atoms with E-state index in [1.54, 1.807) is 24.3 Å². The van der Waals surface area contributed by atoms with Crippen LogP contribution in [-0.4, -0.2) is 24.3 Å². The fourth-order valence-corrected chi connectivity index (χ4v) is 3.97. The summed E-state index contributed by atoms with van der Waals surface area (Å²) in [5.41, 5.74) is 0.764. The number of amides is 3. The van der Waals surface area contributed by atoms with Gasteiger partial charge >= 0.3 is 6.18 Å². The molecule has 1 heterocycles. The Morgan fingerprint density at radius 3 is 2.24 bits per heavy atom. The Morgan fingerprint density at radius 1 is 0.865 bits per heavy atom. The lowest BCUT2D eigenvalue weighted by molar-refractivity contribution is -0.137. The molecule has 3 aromatic rings. The minimum atomic E-state index is -4.64. The zero-order chi connectivity index (χ0) is 26.6. The molecule has 0 aliphatic carbocycles. The van der Waals surface area contributed by atoms with Crippen molar-refractivity contribution >= 4 is 40.7 Å². The van der Waals surface area contributed by atoms with Gasteiger partial charge in [-0.05, 0) is 47.9 Å². The quantitative estimate of drug-likeness (QED) is 0.402. The molecule has 0 saturated carbocycles. The van der Waals surface area contributed by atoms with Crippen molar-refractivity contribution in [2.24, 2.45) is 0 Å². The fourth-order valence-electron chi connectivity index (χ4n) is 3.76. The second-order valence-electron chi connectivity index (χ2n) is 8.27. The maximum atomic E-state index is 13.1. The van der Waals surface area contributed by atoms with Gasteiger partial charge in [0.25, 0.3) is 11.8 Å². The van der Waals surface area contributed by atoms with E-state index in [0.29, 0.717) is 23.2 Å². The Bertz CT molecular complexity index is 1360. The van der Waals surface area contributed by atoms with Crippen LogP contribution in [0.2, 0.25) is 0 Å². The highest BCUT2D eigenvalue weighted by Gasteiger charge is 2.40. The van der Waals surface area contributed by atoms with Gasteiger partial charge in [0.2, 0.25) is 5.91 Å². The molecule has 0 aromatic heterocycles. The van der Waals surface area contributed by atoms with E-state index < -0.39 is 28.6 Å². The molecule has 0 spiro atoms. The van der Waals surface area contributed by atoms with Crippen LogP contribution in [0.25, 0.3) is 0 Å². The van der Waals surface area contributed by atoms with Gasteiger partial charge in [-0.3, -0.25) is 14.4 Å². The van der Waals surface area contributed by atoms with Crippen LogP contribution in [0.15, 0.2) is 89.6 Å². The summed E-state index contributed by atoms with van der Waals surface area (Å²) in [6, 6.07) is 20.2. The minimum Gasteiger partial charge on any atom is -0.355 e. The highest BCUT2D eigenvalue weighted by Crippen LogP contribution is 2.35. The van der Waals surface area contributed by atoms with Crippen LogP contribution in [0.5, 0.6) is 0 Å². The summed E-state index contributed by atoms with van der Waals surface area (Å²) < 4.78 is 39.2. The van der Waals surface area contributed by atoms with E-state index in [2.05, 4.69) is 10.6 Å². The van der Waals surface area contributed by atoms with Gasteiger partial charge in [0.1, 0.15) is 10.7 Å². The predicted molar refractivity (Wildman–Crippen MR) is 134 cm³/mol. The number of nitrogens with zero attached hydrogens (tertiary/aromatic N) is 1. The number of hydrogen-bond donors (Lipinski definition) is 2. The molecule has 1 aliphatic heterocycles. The second kappa shape index (κ2) is 10.9. The topological polar surface area (TPSA) is 78.5 Å². The van der Waals surface area contributed by atoms with E-state index in [4.69, 9.17) is 11.6 Å². The Balaban J connectivity index is 1.37. The number of carbonyl (C=O) groups excluding carboxylic acids is 3. The molecule has 3 aromatic carbocycles. The summed E-state index contributed by atoms with van der Waals surface area (Å²) in [5.74, 6) is -1.95. The SMILES string of the molecule is O=C(Cc1ccc(NC2=C(Cl)C(=O)N(c3cccc(C(F)(F)F)c3)C2=O)cc1)NCCc1ccccc1. The number of alkyl halides is 3. The maximum absolute atomic E-state index is 13.1. The number of anilines is 2. The van der Waals surface area contributed by atoms with Crippen LogP contribution < -0.4 is 15.5 Å². The number of halogens is 4. The molecular weight excluding hydrogens is 507 g/mol. The summed E-state index contributed by atoms with van der Waals surface area (Å²) in [4.78, 5) is 38.3. The van der Waals surface area contributed by atoms with Crippen molar-refractivity contribution in [2.75, 3.05) is 16.8 Å². The molecule has 2 N–H and O–H groups in total. The Kier molecular flexibility index (Phi) is 7.63. The van der Waals surface area contributed by atoms with Crippen LogP contribution in [0.1, 0.15) is 16.7 Å². The lowest BCUT2D eigenvalue weighted by Crippen LogP contribution is -2.32. The molecule has 0 saturated heterocycles. The summed E-state index contributed by atoms with van der Waals surface area (Å²) in [7, 11) is 0. The average Bonchev–Trinajstić information content (AvgIpc) is 3.08. The van der Waals surface area contributed by atoms with Gasteiger partial charge in [0, 0.05) is 12.2 Å². The lowest BCUT2D eigenvalue weighted by Gasteiger charge is -2.17. The molecule has 0 unspecified atom stereocenters. The molecule has 0 atom stereocenters. The van der Waals surface area contributed by atoms with Gasteiger partial charge in [-0.2, -0.15) is 13.2 Å². The van der Waals surface area contributed by atoms with Gasteiger partial charge in [-0.1, -0.05) is 60.1 Å². The molecule has 0 fully saturated rings. The van der Waals surface area contributed by atoms with E-state index in [0.717, 1.165) is 29.7 Å². The zero-order valence-electron chi connectivity index (χ0n) is 19.3. The summed E-state index contributed by atoms with van der Waals surface area (Å²) in [5, 5.41) is 5.19. The normalized spacial score (nSPS) is 13.8. The number of carbonyl (C=O) groups is 3. The average molecular weight is 528 g/mol. The molecule has 190 valence electrons. The van der Waals surface area contributed by atoms with Crippen molar-refractivity contribution in [1.29, 1.82) is 0 Å². The van der Waals surface area contributed by atoms with E-state index in [9.17, 15) is 27.6 Å². The number of rotatable bonds is 8. The Hall–Kier alpha value is -4.11. The largest absolute Gasteiger partial charge is 0.416 e. The number of hydrogen-bond acceptors (Lipinski definition) is 4. The van der Waals surface area contributed by atoms with Gasteiger partial charge in [0.05, 0.1) is 17.7 Å². The van der Waals surface area contributed by atoms with E-state index in [1.165, 1.54) is 6.07 Å². The van der Waals surface area contributed by atoms with E-state index in [-0.39, 0.29) is 23.7 Å². The van der Waals surface area contributed by atoms with Gasteiger partial charge < -0.3 is 10.6 Å². The summed E-state index contributed by atoms with van der Waals surface area (Å²) in [6.07, 6.45) is -3.77. The Labute approximate surface area is 215 Å². The van der Waals surface area contributed by atoms with Crippen molar-refractivity contribution in [3.05, 3.63) is 106 Å².